The van der Waals surface area contributed by atoms with E-state index in [1.54, 1.807) is 0 Å². The number of carbonyl (C=O) groups excluding carboxylic acids is 1. The van der Waals surface area contributed by atoms with Crippen LogP contribution in [0.25, 0.3) is 0 Å². The first kappa shape index (κ1) is 15.4. The molecule has 1 amide bonds. The molecule has 96 valence electrons. The molecule has 0 saturated carbocycles. The van der Waals surface area contributed by atoms with Crippen LogP contribution in [0.3, 0.4) is 0 Å². The zero-order valence-electron chi connectivity index (χ0n) is 10.8. The number of nitrogens with one attached hydrogen (secondary N) is 1. The molecule has 16 heavy (non-hydrogen) atoms. The van der Waals surface area contributed by atoms with Gasteiger partial charge in [0.1, 0.15) is 0 Å². The van der Waals surface area contributed by atoms with Gasteiger partial charge in [-0.15, -0.1) is 0 Å². The molecule has 4 heteroatoms. The third-order valence-corrected chi connectivity index (χ3v) is 3.45. The van der Waals surface area contributed by atoms with Crippen molar-refractivity contribution in [3.63, 3.8) is 0 Å². The van der Waals surface area contributed by atoms with Crippen molar-refractivity contribution in [3.8, 4) is 0 Å². The van der Waals surface area contributed by atoms with Crippen LogP contribution in [0.4, 0.5) is 0 Å². The second-order valence-corrected chi connectivity index (χ2v) is 4.61. The zero-order chi connectivity index (χ0) is 12.6. The van der Waals surface area contributed by atoms with Gasteiger partial charge in [-0.2, -0.15) is 0 Å². The summed E-state index contributed by atoms with van der Waals surface area (Å²) >= 11 is 0. The molecule has 0 rings (SSSR count). The summed E-state index contributed by atoms with van der Waals surface area (Å²) in [6.45, 7) is 7.09. The average Bonchev–Trinajstić information content (AvgIpc) is 2.32. The lowest BCUT2D eigenvalue weighted by Crippen LogP contribution is -2.45. The first-order valence-electron chi connectivity index (χ1n) is 6.13. The summed E-state index contributed by atoms with van der Waals surface area (Å²) in [4.78, 5) is 11.9. The highest BCUT2D eigenvalue weighted by atomic mass is 16.3. The highest BCUT2D eigenvalue weighted by Gasteiger charge is 2.29. The Labute approximate surface area is 98.6 Å². The van der Waals surface area contributed by atoms with Crippen molar-refractivity contribution < 1.29 is 9.90 Å². The molecule has 2 unspecified atom stereocenters. The second kappa shape index (κ2) is 7.63. The number of nitrogens with two attached hydrogens (primary N) is 1. The Morgan fingerprint density at radius 3 is 2.50 bits per heavy atom. The minimum absolute atomic E-state index is 0.0221. The van der Waals surface area contributed by atoms with Gasteiger partial charge >= 0.3 is 0 Å². The van der Waals surface area contributed by atoms with Crippen LogP contribution >= 0.6 is 0 Å². The number of hydrogen-bond acceptors (Lipinski definition) is 3. The quantitative estimate of drug-likeness (QED) is 0.579. The van der Waals surface area contributed by atoms with Crippen molar-refractivity contribution in [1.29, 1.82) is 0 Å². The lowest BCUT2D eigenvalue weighted by atomic mass is 9.86. The largest absolute Gasteiger partial charge is 0.396 e. The fourth-order valence-corrected chi connectivity index (χ4v) is 1.48. The smallest absolute Gasteiger partial charge is 0.227 e. The van der Waals surface area contributed by atoms with Gasteiger partial charge < -0.3 is 16.2 Å². The van der Waals surface area contributed by atoms with Gasteiger partial charge in [0, 0.05) is 19.7 Å². The molecular formula is C12H26N2O2. The average molecular weight is 230 g/mol. The van der Waals surface area contributed by atoms with E-state index < -0.39 is 5.41 Å². The molecule has 0 aromatic heterocycles. The van der Waals surface area contributed by atoms with Gasteiger partial charge in [0.05, 0.1) is 5.41 Å². The number of amides is 1. The number of hydrogen-bond donors (Lipinski definition) is 3. The number of carbonyl (C=O) groups is 1. The molecule has 0 aliphatic carbocycles. The van der Waals surface area contributed by atoms with Gasteiger partial charge in [0.15, 0.2) is 0 Å². The zero-order valence-corrected chi connectivity index (χ0v) is 10.8. The minimum Gasteiger partial charge on any atom is -0.396 e. The van der Waals surface area contributed by atoms with Crippen LogP contribution in [0.5, 0.6) is 0 Å². The Hall–Kier alpha value is -0.610. The molecule has 0 aliphatic rings. The van der Waals surface area contributed by atoms with E-state index in [2.05, 4.69) is 12.2 Å². The van der Waals surface area contributed by atoms with Crippen LogP contribution in [0.1, 0.15) is 40.0 Å². The van der Waals surface area contributed by atoms with Gasteiger partial charge in [0.25, 0.3) is 0 Å². The standard InChI is InChI=1S/C12H26N2O2/c1-4-10(6-7-15)8-14-11(16)12(3,5-2)9-13/h10,15H,4-9,13H2,1-3H3,(H,14,16). The Balaban J connectivity index is 4.13. The summed E-state index contributed by atoms with van der Waals surface area (Å²) in [6.07, 6.45) is 2.45. The topological polar surface area (TPSA) is 75.3 Å². The van der Waals surface area contributed by atoms with E-state index in [4.69, 9.17) is 10.8 Å². The predicted octanol–water partition coefficient (Wildman–Crippen LogP) is 0.886. The third kappa shape index (κ3) is 4.49. The highest BCUT2D eigenvalue weighted by Crippen LogP contribution is 2.19. The van der Waals surface area contributed by atoms with Crippen molar-refractivity contribution in [1.82, 2.24) is 5.32 Å². The summed E-state index contributed by atoms with van der Waals surface area (Å²) in [5, 5.41) is 11.8. The molecule has 0 saturated heterocycles. The highest BCUT2D eigenvalue weighted by molar-refractivity contribution is 5.82. The summed E-state index contributed by atoms with van der Waals surface area (Å²) in [5.74, 6) is 0.377. The van der Waals surface area contributed by atoms with Crippen molar-refractivity contribution in [2.45, 2.75) is 40.0 Å². The SMILES string of the molecule is CCC(CCO)CNC(=O)C(C)(CC)CN. The van der Waals surface area contributed by atoms with Gasteiger partial charge in [-0.3, -0.25) is 4.79 Å². The van der Waals surface area contributed by atoms with E-state index in [0.717, 1.165) is 19.3 Å². The Morgan fingerprint density at radius 2 is 2.12 bits per heavy atom. The van der Waals surface area contributed by atoms with E-state index in [-0.39, 0.29) is 12.5 Å². The fraction of sp³-hybridized carbons (Fsp3) is 0.917. The molecule has 0 bridgehead atoms. The Kier molecular flexibility index (Phi) is 7.34. The molecule has 0 spiro atoms. The van der Waals surface area contributed by atoms with Crippen LogP contribution < -0.4 is 11.1 Å². The van der Waals surface area contributed by atoms with Gasteiger partial charge in [-0.05, 0) is 25.7 Å². The first-order chi connectivity index (χ1) is 7.53. The van der Waals surface area contributed by atoms with Crippen LogP contribution in [0.15, 0.2) is 0 Å². The molecule has 0 aromatic carbocycles. The maximum absolute atomic E-state index is 11.9. The lowest BCUT2D eigenvalue weighted by Gasteiger charge is -2.26. The van der Waals surface area contributed by atoms with Crippen molar-refractivity contribution in [3.05, 3.63) is 0 Å². The maximum atomic E-state index is 11.9. The molecule has 0 radical (unpaired) electrons. The third-order valence-electron chi connectivity index (χ3n) is 3.45. The van der Waals surface area contributed by atoms with Gasteiger partial charge in [0.2, 0.25) is 5.91 Å². The van der Waals surface area contributed by atoms with E-state index >= 15 is 0 Å². The number of rotatable bonds is 8. The normalized spacial score (nSPS) is 16.6. The van der Waals surface area contributed by atoms with Crippen LogP contribution in [-0.4, -0.2) is 30.7 Å². The lowest BCUT2D eigenvalue weighted by molar-refractivity contribution is -0.130. The summed E-state index contributed by atoms with van der Waals surface area (Å²) in [5.41, 5.74) is 5.15. The first-order valence-corrected chi connectivity index (χ1v) is 6.13. The number of aliphatic hydroxyl groups excluding tert-OH is 1. The van der Waals surface area contributed by atoms with Crippen LogP contribution in [0, 0.1) is 11.3 Å². The Morgan fingerprint density at radius 1 is 1.50 bits per heavy atom. The molecule has 4 nitrogen and oxygen atoms in total. The minimum atomic E-state index is -0.461. The van der Waals surface area contributed by atoms with Gasteiger partial charge in [-0.25, -0.2) is 0 Å². The molecule has 0 aromatic rings. The molecular weight excluding hydrogens is 204 g/mol. The van der Waals surface area contributed by atoms with Crippen LogP contribution in [0.2, 0.25) is 0 Å². The Bertz CT molecular complexity index is 203. The van der Waals surface area contributed by atoms with Crippen molar-refractivity contribution in [2.24, 2.45) is 17.1 Å². The number of aliphatic hydroxyl groups is 1. The molecule has 0 fully saturated rings. The molecule has 0 heterocycles. The molecule has 4 N–H and O–H groups in total. The van der Waals surface area contributed by atoms with Crippen LogP contribution in [-0.2, 0) is 4.79 Å². The van der Waals surface area contributed by atoms with Crippen molar-refractivity contribution in [2.75, 3.05) is 19.7 Å². The second-order valence-electron chi connectivity index (χ2n) is 4.61. The van der Waals surface area contributed by atoms with E-state index in [1.165, 1.54) is 0 Å². The van der Waals surface area contributed by atoms with E-state index in [0.29, 0.717) is 19.0 Å². The fourth-order valence-electron chi connectivity index (χ4n) is 1.48. The summed E-state index contributed by atoms with van der Waals surface area (Å²) in [7, 11) is 0. The summed E-state index contributed by atoms with van der Waals surface area (Å²) in [6, 6.07) is 0. The molecule has 0 aliphatic heterocycles. The van der Waals surface area contributed by atoms with E-state index in [1.807, 2.05) is 13.8 Å². The predicted molar refractivity (Wildman–Crippen MR) is 65.9 cm³/mol. The summed E-state index contributed by atoms with van der Waals surface area (Å²) < 4.78 is 0. The van der Waals surface area contributed by atoms with Gasteiger partial charge in [-0.1, -0.05) is 20.3 Å². The maximum Gasteiger partial charge on any atom is 0.227 e. The molecule has 2 atom stereocenters. The van der Waals surface area contributed by atoms with E-state index in [9.17, 15) is 4.79 Å². The monoisotopic (exact) mass is 230 g/mol. The van der Waals surface area contributed by atoms with Crippen molar-refractivity contribution >= 4 is 5.91 Å².